The van der Waals surface area contributed by atoms with Crippen molar-refractivity contribution in [2.75, 3.05) is 26.3 Å². The summed E-state index contributed by atoms with van der Waals surface area (Å²) in [5.74, 6) is -1.22. The monoisotopic (exact) mass is 286 g/mol. The van der Waals surface area contributed by atoms with Crippen LogP contribution in [0.25, 0.3) is 0 Å². The summed E-state index contributed by atoms with van der Waals surface area (Å²) in [5.41, 5.74) is 0. The van der Waals surface area contributed by atoms with E-state index in [0.717, 1.165) is 12.8 Å². The lowest BCUT2D eigenvalue weighted by atomic mass is 10.1. The number of nitrogens with one attached hydrogen (secondary N) is 1. The minimum Gasteiger partial charge on any atom is -0.480 e. The molecule has 0 radical (unpaired) electrons. The fraction of sp³-hybridized carbons (Fsp3) is 0.769. The van der Waals surface area contributed by atoms with Gasteiger partial charge in [-0.05, 0) is 12.8 Å². The fourth-order valence-electron chi connectivity index (χ4n) is 2.09. The summed E-state index contributed by atoms with van der Waals surface area (Å²) < 4.78 is 5.09. The summed E-state index contributed by atoms with van der Waals surface area (Å²) in [5, 5.41) is 11.7. The van der Waals surface area contributed by atoms with Crippen molar-refractivity contribution in [1.82, 2.24) is 10.2 Å². The van der Waals surface area contributed by atoms with Gasteiger partial charge >= 0.3 is 5.97 Å². The number of rotatable bonds is 7. The second kappa shape index (κ2) is 8.52. The molecule has 7 heteroatoms. The molecule has 0 saturated carbocycles. The summed E-state index contributed by atoms with van der Waals surface area (Å²) in [4.78, 5) is 35.1. The van der Waals surface area contributed by atoms with Gasteiger partial charge in [-0.25, -0.2) is 4.79 Å². The van der Waals surface area contributed by atoms with E-state index in [0.29, 0.717) is 32.5 Å². The topological polar surface area (TPSA) is 95.9 Å². The Balaban J connectivity index is 2.23. The zero-order valence-electron chi connectivity index (χ0n) is 11.8. The van der Waals surface area contributed by atoms with Crippen LogP contribution in [-0.4, -0.2) is 60.1 Å². The van der Waals surface area contributed by atoms with Gasteiger partial charge in [-0.1, -0.05) is 6.42 Å². The van der Waals surface area contributed by atoms with E-state index in [4.69, 9.17) is 9.84 Å². The normalized spacial score (nSPS) is 18.6. The van der Waals surface area contributed by atoms with Crippen LogP contribution in [0.4, 0.5) is 0 Å². The van der Waals surface area contributed by atoms with Gasteiger partial charge in [0.2, 0.25) is 11.8 Å². The van der Waals surface area contributed by atoms with Crippen LogP contribution < -0.4 is 5.32 Å². The third-order valence-corrected chi connectivity index (χ3v) is 3.18. The van der Waals surface area contributed by atoms with Gasteiger partial charge in [0.1, 0.15) is 0 Å². The number of carbonyl (C=O) groups excluding carboxylic acids is 2. The van der Waals surface area contributed by atoms with Crippen LogP contribution in [0.5, 0.6) is 0 Å². The van der Waals surface area contributed by atoms with E-state index in [1.165, 1.54) is 11.8 Å². The Hall–Kier alpha value is -1.63. The average Bonchev–Trinajstić information content (AvgIpc) is 2.42. The quantitative estimate of drug-likeness (QED) is 0.642. The molecule has 0 aromatic carbocycles. The Labute approximate surface area is 118 Å². The van der Waals surface area contributed by atoms with Gasteiger partial charge in [0, 0.05) is 26.4 Å². The number of morpholine rings is 1. The molecule has 20 heavy (non-hydrogen) atoms. The molecule has 0 bridgehead atoms. The second-order valence-electron chi connectivity index (χ2n) is 4.81. The fourth-order valence-corrected chi connectivity index (χ4v) is 2.09. The number of nitrogens with zero attached hydrogens (tertiary/aromatic N) is 1. The van der Waals surface area contributed by atoms with E-state index < -0.39 is 12.0 Å². The summed E-state index contributed by atoms with van der Waals surface area (Å²) in [7, 11) is 0. The molecule has 7 nitrogen and oxygen atoms in total. The first-order chi connectivity index (χ1) is 9.52. The number of hydrogen-bond acceptors (Lipinski definition) is 4. The highest BCUT2D eigenvalue weighted by Crippen LogP contribution is 2.11. The van der Waals surface area contributed by atoms with Crippen molar-refractivity contribution in [2.24, 2.45) is 0 Å². The van der Waals surface area contributed by atoms with Crippen LogP contribution >= 0.6 is 0 Å². The van der Waals surface area contributed by atoms with Gasteiger partial charge < -0.3 is 20.1 Å². The minimum atomic E-state index is -1.02. The molecule has 1 heterocycles. The van der Waals surface area contributed by atoms with Crippen LogP contribution in [0.15, 0.2) is 0 Å². The Kier molecular flexibility index (Phi) is 7.00. The van der Waals surface area contributed by atoms with E-state index in [2.05, 4.69) is 5.32 Å². The number of ether oxygens (including phenoxy) is 1. The highest BCUT2D eigenvalue weighted by Gasteiger charge is 2.32. The number of aliphatic carboxylic acids is 1. The summed E-state index contributed by atoms with van der Waals surface area (Å²) >= 11 is 0. The number of amides is 2. The third kappa shape index (κ3) is 5.56. The molecule has 114 valence electrons. The number of carbonyl (C=O) groups is 3. The lowest BCUT2D eigenvalue weighted by Gasteiger charge is -2.32. The largest absolute Gasteiger partial charge is 0.480 e. The smallest absolute Gasteiger partial charge is 0.328 e. The number of unbranched alkanes of at least 4 members (excludes halogenated alkanes) is 2. The van der Waals surface area contributed by atoms with Crippen molar-refractivity contribution in [3.63, 3.8) is 0 Å². The molecule has 1 fully saturated rings. The van der Waals surface area contributed by atoms with Crippen molar-refractivity contribution in [3.05, 3.63) is 0 Å². The van der Waals surface area contributed by atoms with Gasteiger partial charge in [0.25, 0.3) is 0 Å². The number of carboxylic acids is 1. The van der Waals surface area contributed by atoms with Crippen LogP contribution in [0.3, 0.4) is 0 Å². The van der Waals surface area contributed by atoms with Crippen LogP contribution in [0.2, 0.25) is 0 Å². The van der Waals surface area contributed by atoms with Gasteiger partial charge in [0.15, 0.2) is 6.04 Å². The molecule has 2 N–H and O–H groups in total. The summed E-state index contributed by atoms with van der Waals surface area (Å²) in [6, 6.07) is -0.865. The van der Waals surface area contributed by atoms with Crippen molar-refractivity contribution in [3.8, 4) is 0 Å². The van der Waals surface area contributed by atoms with Gasteiger partial charge in [0.05, 0.1) is 13.2 Å². The Morgan fingerprint density at radius 3 is 2.70 bits per heavy atom. The van der Waals surface area contributed by atoms with E-state index in [9.17, 15) is 14.4 Å². The molecule has 0 aliphatic carbocycles. The molecular formula is C13H22N2O5. The minimum absolute atomic E-state index is 0.0568. The van der Waals surface area contributed by atoms with E-state index in [-0.39, 0.29) is 18.4 Å². The molecule has 1 saturated heterocycles. The first-order valence-corrected chi connectivity index (χ1v) is 6.87. The highest BCUT2D eigenvalue weighted by molar-refractivity contribution is 5.84. The Morgan fingerprint density at radius 1 is 1.30 bits per heavy atom. The molecule has 1 aliphatic rings. The highest BCUT2D eigenvalue weighted by atomic mass is 16.5. The first-order valence-electron chi connectivity index (χ1n) is 6.87. The van der Waals surface area contributed by atoms with Crippen LogP contribution in [0, 0.1) is 0 Å². The molecule has 1 aliphatic heterocycles. The summed E-state index contributed by atoms with van der Waals surface area (Å²) in [6.07, 6.45) is 2.68. The molecule has 0 aromatic heterocycles. The van der Waals surface area contributed by atoms with Gasteiger partial charge in [-0.2, -0.15) is 0 Å². The Bertz CT molecular complexity index is 359. The average molecular weight is 286 g/mol. The number of hydrogen-bond donors (Lipinski definition) is 2. The summed E-state index contributed by atoms with van der Waals surface area (Å²) in [6.45, 7) is 2.86. The molecule has 0 spiro atoms. The van der Waals surface area contributed by atoms with Crippen LogP contribution in [0.1, 0.15) is 32.6 Å². The number of carboxylic acid groups (broad SMARTS) is 1. The maximum absolute atomic E-state index is 12.0. The first kappa shape index (κ1) is 16.4. The van der Waals surface area contributed by atoms with Gasteiger partial charge in [-0.15, -0.1) is 0 Å². The predicted molar refractivity (Wildman–Crippen MR) is 71.1 cm³/mol. The van der Waals surface area contributed by atoms with Gasteiger partial charge in [-0.3, -0.25) is 9.59 Å². The van der Waals surface area contributed by atoms with Crippen molar-refractivity contribution < 1.29 is 24.2 Å². The standard InChI is InChI=1S/C13H22N2O5/c1-10(16)14-6-4-2-3-5-12(17)15-7-8-20-9-11(15)13(18)19/h11H,2-9H2,1H3,(H,14,16)(H,18,19). The molecular weight excluding hydrogens is 264 g/mol. The molecule has 1 rings (SSSR count). The zero-order valence-corrected chi connectivity index (χ0v) is 11.8. The molecule has 2 amide bonds. The predicted octanol–water partition coefficient (Wildman–Crippen LogP) is -0.00510. The van der Waals surface area contributed by atoms with E-state index in [1.807, 2.05) is 0 Å². The zero-order chi connectivity index (χ0) is 15.0. The van der Waals surface area contributed by atoms with Crippen molar-refractivity contribution in [2.45, 2.75) is 38.6 Å². The molecule has 1 atom stereocenters. The maximum Gasteiger partial charge on any atom is 0.328 e. The van der Waals surface area contributed by atoms with Crippen LogP contribution in [-0.2, 0) is 19.1 Å². The third-order valence-electron chi connectivity index (χ3n) is 3.18. The van der Waals surface area contributed by atoms with E-state index >= 15 is 0 Å². The molecule has 1 unspecified atom stereocenters. The lowest BCUT2D eigenvalue weighted by Crippen LogP contribution is -2.52. The maximum atomic E-state index is 12.0. The molecule has 0 aromatic rings. The van der Waals surface area contributed by atoms with E-state index in [1.54, 1.807) is 0 Å². The SMILES string of the molecule is CC(=O)NCCCCCC(=O)N1CCOCC1C(=O)O. The van der Waals surface area contributed by atoms with Crippen molar-refractivity contribution >= 4 is 17.8 Å². The second-order valence-corrected chi connectivity index (χ2v) is 4.81. The van der Waals surface area contributed by atoms with Crippen molar-refractivity contribution in [1.29, 1.82) is 0 Å². The lowest BCUT2D eigenvalue weighted by molar-refractivity contribution is -0.158. The Morgan fingerprint density at radius 2 is 2.05 bits per heavy atom.